The monoisotopic (exact) mass is 447 g/mol. The fourth-order valence-electron chi connectivity index (χ4n) is 4.20. The number of aromatic nitrogens is 4. The number of benzene rings is 1. The van der Waals surface area contributed by atoms with Crippen molar-refractivity contribution in [1.82, 2.24) is 24.6 Å². The van der Waals surface area contributed by atoms with Crippen LogP contribution in [0.3, 0.4) is 0 Å². The van der Waals surface area contributed by atoms with Crippen molar-refractivity contribution >= 4 is 34.4 Å². The van der Waals surface area contributed by atoms with Gasteiger partial charge in [0, 0.05) is 23.7 Å². The minimum atomic E-state index is -0.194. The zero-order valence-electron chi connectivity index (χ0n) is 17.4. The summed E-state index contributed by atoms with van der Waals surface area (Å²) in [5.74, 6) is 0.540. The van der Waals surface area contributed by atoms with Crippen molar-refractivity contribution in [3.8, 4) is 11.3 Å². The molecule has 5 rings (SSSR count). The van der Waals surface area contributed by atoms with E-state index in [9.17, 15) is 4.79 Å². The Morgan fingerprint density at radius 1 is 1.22 bits per heavy atom. The summed E-state index contributed by atoms with van der Waals surface area (Å²) in [5, 5.41) is 6.19. The highest BCUT2D eigenvalue weighted by atomic mass is 35.5. The molecule has 162 valence electrons. The number of likely N-dealkylation sites (tertiary alicyclic amines) is 1. The first-order valence-corrected chi connectivity index (χ1v) is 11.1. The highest BCUT2D eigenvalue weighted by molar-refractivity contribution is 6.30. The minimum absolute atomic E-state index is 0.0709. The molecule has 3 aromatic rings. The lowest BCUT2D eigenvalue weighted by Gasteiger charge is -2.33. The van der Waals surface area contributed by atoms with E-state index in [4.69, 9.17) is 29.0 Å². The Bertz CT molecular complexity index is 1250. The molecular weight excluding hydrogens is 426 g/mol. The van der Waals surface area contributed by atoms with Gasteiger partial charge in [-0.1, -0.05) is 29.8 Å². The number of allylic oxidation sites excluding steroid dienone is 1. The van der Waals surface area contributed by atoms with Gasteiger partial charge < -0.3 is 10.6 Å². The predicted octanol–water partition coefficient (Wildman–Crippen LogP) is 4.11. The van der Waals surface area contributed by atoms with Crippen LogP contribution in [0.1, 0.15) is 31.7 Å². The highest BCUT2D eigenvalue weighted by Gasteiger charge is 2.31. The topological polar surface area (TPSA) is 94.3 Å². The van der Waals surface area contributed by atoms with Crippen LogP contribution in [-0.2, 0) is 4.79 Å². The van der Waals surface area contributed by atoms with E-state index in [1.165, 1.54) is 6.33 Å². The summed E-state index contributed by atoms with van der Waals surface area (Å²) in [7, 11) is 0. The van der Waals surface area contributed by atoms with Crippen molar-refractivity contribution in [2.24, 2.45) is 5.92 Å². The summed E-state index contributed by atoms with van der Waals surface area (Å²) >= 11 is 6.06. The minimum Gasteiger partial charge on any atom is -0.383 e. The second-order valence-electron chi connectivity index (χ2n) is 8.31. The smallest absolute Gasteiger partial charge is 0.252 e. The van der Waals surface area contributed by atoms with Crippen molar-refractivity contribution in [3.63, 3.8) is 0 Å². The molecule has 9 heteroatoms. The lowest BCUT2D eigenvalue weighted by Crippen LogP contribution is -2.41. The van der Waals surface area contributed by atoms with Gasteiger partial charge in [0.25, 0.3) is 5.91 Å². The molecule has 0 spiro atoms. The largest absolute Gasteiger partial charge is 0.383 e. The van der Waals surface area contributed by atoms with Gasteiger partial charge in [0.2, 0.25) is 5.70 Å². The number of carbonyl (C=O) groups is 1. The summed E-state index contributed by atoms with van der Waals surface area (Å²) in [6.07, 6.45) is 7.05. The van der Waals surface area contributed by atoms with Gasteiger partial charge in [-0.05, 0) is 43.7 Å². The number of fused-ring (bicyclic) bond motifs is 1. The molecule has 1 aliphatic carbocycles. The van der Waals surface area contributed by atoms with E-state index >= 15 is 0 Å². The Labute approximate surface area is 190 Å². The molecule has 0 radical (unpaired) electrons. The van der Waals surface area contributed by atoms with Crippen molar-refractivity contribution in [3.05, 3.63) is 58.8 Å². The fourth-order valence-corrected chi connectivity index (χ4v) is 4.33. The summed E-state index contributed by atoms with van der Waals surface area (Å²) in [5.41, 5.74) is 8.64. The van der Waals surface area contributed by atoms with Crippen LogP contribution in [0.4, 0.5) is 5.82 Å². The predicted molar refractivity (Wildman–Crippen MR) is 122 cm³/mol. The van der Waals surface area contributed by atoms with Crippen LogP contribution in [0.25, 0.3) is 27.1 Å². The van der Waals surface area contributed by atoms with Crippen LogP contribution in [0, 0.1) is 12.5 Å². The van der Waals surface area contributed by atoms with E-state index < -0.39 is 0 Å². The lowest BCUT2D eigenvalue weighted by atomic mass is 10.1. The Morgan fingerprint density at radius 3 is 2.72 bits per heavy atom. The van der Waals surface area contributed by atoms with E-state index in [1.54, 1.807) is 17.0 Å². The van der Waals surface area contributed by atoms with Gasteiger partial charge in [0.15, 0.2) is 5.65 Å². The first-order valence-electron chi connectivity index (χ1n) is 10.7. The van der Waals surface area contributed by atoms with Gasteiger partial charge in [0.05, 0.1) is 18.0 Å². The number of amides is 1. The number of hydrogen-bond donors (Lipinski definition) is 1. The third kappa shape index (κ3) is 3.80. The van der Waals surface area contributed by atoms with Crippen LogP contribution >= 0.6 is 11.6 Å². The fraction of sp³-hybridized carbons (Fsp3) is 0.348. The van der Waals surface area contributed by atoms with E-state index in [0.29, 0.717) is 46.6 Å². The molecule has 1 saturated heterocycles. The molecule has 1 saturated carbocycles. The summed E-state index contributed by atoms with van der Waals surface area (Å²) in [6.45, 7) is 8.54. The number of carbonyl (C=O) groups excluding carboxylic acids is 1. The number of anilines is 1. The molecule has 1 atom stereocenters. The van der Waals surface area contributed by atoms with Crippen LogP contribution in [0.15, 0.2) is 42.4 Å². The third-order valence-electron chi connectivity index (χ3n) is 6.02. The molecule has 8 nitrogen and oxygen atoms in total. The molecule has 1 aromatic carbocycles. The lowest BCUT2D eigenvalue weighted by molar-refractivity contribution is -0.128. The van der Waals surface area contributed by atoms with Crippen molar-refractivity contribution in [2.45, 2.75) is 31.7 Å². The molecule has 2 fully saturated rings. The van der Waals surface area contributed by atoms with Crippen molar-refractivity contribution < 1.29 is 4.79 Å². The average molecular weight is 448 g/mol. The summed E-state index contributed by atoms with van der Waals surface area (Å²) in [4.78, 5) is 26.9. The number of rotatable bonds is 4. The standard InChI is InChI=1S/C23H22ClN7O/c1-26-18(11-14-4-5-14)23(32)30-10-2-3-17(12-30)31-22-19(21(25)27-13-28-22)20(29-31)15-6-8-16(24)9-7-15/h6-9,11,13-14,17H,2-5,10,12H2,(H2,25,27,28)/b18-11-. The first-order chi connectivity index (χ1) is 15.5. The molecule has 2 aliphatic rings. The maximum Gasteiger partial charge on any atom is 0.252 e. The van der Waals surface area contributed by atoms with Gasteiger partial charge in [0.1, 0.15) is 17.8 Å². The highest BCUT2D eigenvalue weighted by Crippen LogP contribution is 2.35. The number of hydrogen-bond acceptors (Lipinski definition) is 5. The molecule has 2 N–H and O–H groups in total. The number of piperidine rings is 1. The zero-order chi connectivity index (χ0) is 22.2. The Balaban J connectivity index is 1.50. The van der Waals surface area contributed by atoms with Gasteiger partial charge in [-0.25, -0.2) is 19.5 Å². The van der Waals surface area contributed by atoms with E-state index in [1.807, 2.05) is 22.9 Å². The Hall–Kier alpha value is -3.44. The zero-order valence-corrected chi connectivity index (χ0v) is 18.2. The second-order valence-corrected chi connectivity index (χ2v) is 8.74. The Kier molecular flexibility index (Phi) is 5.27. The van der Waals surface area contributed by atoms with Gasteiger partial charge in [-0.2, -0.15) is 5.10 Å². The van der Waals surface area contributed by atoms with Crippen molar-refractivity contribution in [2.75, 3.05) is 18.8 Å². The van der Waals surface area contributed by atoms with Crippen molar-refractivity contribution in [1.29, 1.82) is 0 Å². The number of halogens is 1. The number of nitrogens with zero attached hydrogens (tertiary/aromatic N) is 6. The SMILES string of the molecule is [C-]#[N+]/C(=C\C1CC1)C(=O)N1CCCC(n2nc(-c3ccc(Cl)cc3)c3c(N)ncnc32)C1. The second kappa shape index (κ2) is 8.24. The Morgan fingerprint density at radius 2 is 2.00 bits per heavy atom. The molecular formula is C23H22ClN7O. The average Bonchev–Trinajstić information content (AvgIpc) is 3.55. The van der Waals surface area contributed by atoms with E-state index in [2.05, 4.69) is 14.8 Å². The number of nitrogens with two attached hydrogens (primary N) is 1. The first kappa shape index (κ1) is 20.5. The maximum atomic E-state index is 13.0. The van der Waals surface area contributed by atoms with Crippen LogP contribution in [0.5, 0.6) is 0 Å². The van der Waals surface area contributed by atoms with Crippen LogP contribution < -0.4 is 5.73 Å². The molecule has 32 heavy (non-hydrogen) atoms. The molecule has 2 aromatic heterocycles. The van der Waals surface area contributed by atoms with Gasteiger partial charge in [-0.15, -0.1) is 0 Å². The van der Waals surface area contributed by atoms with Crippen LogP contribution in [-0.4, -0.2) is 43.6 Å². The normalized spacial score (nSPS) is 19.2. The molecule has 1 aliphatic heterocycles. The van der Waals surface area contributed by atoms with Gasteiger partial charge >= 0.3 is 0 Å². The van der Waals surface area contributed by atoms with Gasteiger partial charge in [-0.3, -0.25) is 4.79 Å². The maximum absolute atomic E-state index is 13.0. The van der Waals surface area contributed by atoms with Crippen LogP contribution in [0.2, 0.25) is 5.02 Å². The van der Waals surface area contributed by atoms with E-state index in [-0.39, 0.29) is 17.6 Å². The quantitative estimate of drug-likeness (QED) is 0.479. The molecule has 1 unspecified atom stereocenters. The summed E-state index contributed by atoms with van der Waals surface area (Å²) < 4.78 is 1.86. The molecule has 3 heterocycles. The third-order valence-corrected chi connectivity index (χ3v) is 6.27. The van der Waals surface area contributed by atoms with E-state index in [0.717, 1.165) is 31.2 Å². The molecule has 0 bridgehead atoms. The summed E-state index contributed by atoms with van der Waals surface area (Å²) in [6, 6.07) is 7.32. The molecule has 1 amide bonds. The number of nitrogen functional groups attached to an aromatic ring is 1.